The highest BCUT2D eigenvalue weighted by Crippen LogP contribution is 2.57. The predicted octanol–water partition coefficient (Wildman–Crippen LogP) is 38.2. The Morgan fingerprint density at radius 2 is 0.620 bits per heavy atom. The van der Waals surface area contributed by atoms with Crippen molar-refractivity contribution in [2.24, 2.45) is 0 Å². The molecule has 2 heterocycles. The van der Waals surface area contributed by atoms with Gasteiger partial charge in [-0.1, -0.05) is 431 Å². The van der Waals surface area contributed by atoms with Crippen LogP contribution in [0.15, 0.2) is 431 Å². The summed E-state index contributed by atoms with van der Waals surface area (Å²) in [5, 5.41) is 9.76. The van der Waals surface area contributed by atoms with Crippen LogP contribution in [-0.2, 0) is 38.9 Å². The third kappa shape index (κ3) is 14.9. The molecule has 0 atom stereocenters. The van der Waals surface area contributed by atoms with Crippen LogP contribution < -0.4 is 9.80 Å². The standard InChI is InChI=1S/C138H118N4/c1-133(2,3)95-78-93(79-96(83-95)134(4,5)6)106-54-33-39-90-41-36-59-117(129(90)106)114-52-25-30-64-125(114)140(104-73-76-112-110-50-23-28-62-121(110)138(14,15)123(112)86-104)102-48-32-43-92(82-102)108-57-37-60-118-115-74-67-88(77-128(115)142(132(108)118)100-46-20-17-21-47-100)87-136(10,11)98-81-94(80-97(84-98)135(7,8)9)107-55-34-40-91-42-35-58-116(130(91)107)113-51-24-29-63-124(113)139(103-72-75-111-109-49-22-27-61-120(109)137(12,13)122(111)85-103)101-70-68-89(69-71-101)105-56-38-66-127-131(105)119-53-26-31-65-126(119)141(127)99-44-18-16-19-45-99/h16-86H,87H2,1-15H3. The highest BCUT2D eigenvalue weighted by molar-refractivity contribution is 6.18. The number of fused-ring (bicyclic) bond motifs is 14. The molecule has 0 saturated heterocycles. The minimum Gasteiger partial charge on any atom is -0.310 e. The molecule has 20 aromatic carbocycles. The molecule has 0 aliphatic heterocycles. The van der Waals surface area contributed by atoms with E-state index in [1.165, 1.54) is 176 Å². The molecule has 2 aliphatic rings. The fourth-order valence-corrected chi connectivity index (χ4v) is 23.8. The lowest BCUT2D eigenvalue weighted by atomic mass is 9.75. The number of hydrogen-bond donors (Lipinski definition) is 0. The average molecular weight is 1830 g/mol. The molecule has 2 aliphatic carbocycles. The van der Waals surface area contributed by atoms with Gasteiger partial charge in [0, 0.05) is 83.2 Å². The van der Waals surface area contributed by atoms with E-state index in [1.54, 1.807) is 0 Å². The summed E-state index contributed by atoms with van der Waals surface area (Å²) in [6.45, 7) is 35.7. The van der Waals surface area contributed by atoms with Gasteiger partial charge in [0.2, 0.25) is 0 Å². The summed E-state index contributed by atoms with van der Waals surface area (Å²) < 4.78 is 4.97. The number of hydrogen-bond acceptors (Lipinski definition) is 2. The van der Waals surface area contributed by atoms with Crippen molar-refractivity contribution in [3.63, 3.8) is 0 Å². The first-order valence-corrected chi connectivity index (χ1v) is 50.6. The molecule has 4 heteroatoms. The van der Waals surface area contributed by atoms with Gasteiger partial charge in [0.1, 0.15) is 0 Å². The molecule has 142 heavy (non-hydrogen) atoms. The van der Waals surface area contributed by atoms with Crippen molar-refractivity contribution in [1.82, 2.24) is 9.13 Å². The Morgan fingerprint density at radius 1 is 0.225 bits per heavy atom. The number of rotatable bonds is 17. The van der Waals surface area contributed by atoms with E-state index in [2.05, 4.69) is 554 Å². The minimum atomic E-state index is -0.346. The quantitative estimate of drug-likeness (QED) is 0.0903. The molecule has 0 saturated carbocycles. The maximum atomic E-state index is 2.56. The van der Waals surface area contributed by atoms with Gasteiger partial charge in [-0.2, -0.15) is 0 Å². The van der Waals surface area contributed by atoms with Crippen LogP contribution in [0.3, 0.4) is 0 Å². The van der Waals surface area contributed by atoms with Crippen LogP contribution in [-0.4, -0.2) is 9.13 Å². The second-order valence-electron chi connectivity index (χ2n) is 44.5. The van der Waals surface area contributed by atoms with Crippen LogP contribution in [0.25, 0.3) is 166 Å². The van der Waals surface area contributed by atoms with Crippen LogP contribution in [0, 0.1) is 0 Å². The van der Waals surface area contributed by atoms with E-state index in [0.29, 0.717) is 0 Å². The van der Waals surface area contributed by atoms with Crippen LogP contribution in [0.1, 0.15) is 154 Å². The molecule has 24 rings (SSSR count). The van der Waals surface area contributed by atoms with E-state index in [9.17, 15) is 0 Å². The van der Waals surface area contributed by atoms with Crippen molar-refractivity contribution in [2.75, 3.05) is 9.80 Å². The number of para-hydroxylation sites is 6. The van der Waals surface area contributed by atoms with Crippen molar-refractivity contribution in [3.8, 4) is 100 Å². The first-order valence-electron chi connectivity index (χ1n) is 50.6. The number of anilines is 6. The molecule has 0 unspecified atom stereocenters. The van der Waals surface area contributed by atoms with Crippen molar-refractivity contribution >= 4 is 99.3 Å². The fourth-order valence-electron chi connectivity index (χ4n) is 23.8. The van der Waals surface area contributed by atoms with E-state index >= 15 is 0 Å². The summed E-state index contributed by atoms with van der Waals surface area (Å²) in [6.07, 6.45) is 0.790. The summed E-state index contributed by atoms with van der Waals surface area (Å²) in [7, 11) is 0. The summed E-state index contributed by atoms with van der Waals surface area (Å²) in [5.74, 6) is 0. The van der Waals surface area contributed by atoms with Crippen LogP contribution in [0.5, 0.6) is 0 Å². The third-order valence-electron chi connectivity index (χ3n) is 31.3. The molecule has 0 fully saturated rings. The lowest BCUT2D eigenvalue weighted by molar-refractivity contribution is 0.518. The van der Waals surface area contributed by atoms with Gasteiger partial charge in [0.05, 0.1) is 33.4 Å². The zero-order chi connectivity index (χ0) is 97.2. The molecule has 0 amide bonds. The Hall–Kier alpha value is -15.9. The van der Waals surface area contributed by atoms with Gasteiger partial charge in [-0.15, -0.1) is 0 Å². The van der Waals surface area contributed by atoms with Gasteiger partial charge in [-0.05, 0) is 275 Å². The molecule has 0 radical (unpaired) electrons. The van der Waals surface area contributed by atoms with E-state index in [-0.39, 0.29) is 32.5 Å². The normalized spacial score (nSPS) is 13.3. The minimum absolute atomic E-state index is 0.0587. The highest BCUT2D eigenvalue weighted by atomic mass is 15.2. The SMILES string of the molecule is CC(C)(C)c1cc(-c2cccc3cccc(-c4ccccc4N(c4cccc(-c5cccc6c7ccc(CC(C)(C)c8cc(-c9cccc%10cccc(-c%11ccccc%11N(c%11ccc(-c%12cccc%13c%12c%12ccccc%12n%13-c%12ccccc%12)cc%11)c%11ccc%12c(c%11)C(C)(C)c%11ccccc%11-%12)c9%10)cc(C(C)(C)C)c8)cc7n(-c7ccccc7)c56)c4)c4ccc5c(c4)C(C)(C)c4ccccc4-5)c23)cc(C(C)(C)C)c1. The zero-order valence-corrected chi connectivity index (χ0v) is 84.0. The van der Waals surface area contributed by atoms with E-state index in [4.69, 9.17) is 0 Å². The monoisotopic (exact) mass is 1830 g/mol. The second-order valence-corrected chi connectivity index (χ2v) is 44.5. The molecule has 2 aromatic heterocycles. The number of benzene rings is 20. The van der Waals surface area contributed by atoms with Crippen molar-refractivity contribution in [3.05, 3.63) is 481 Å². The van der Waals surface area contributed by atoms with Gasteiger partial charge in [0.15, 0.2) is 0 Å². The molecule has 0 bridgehead atoms. The number of nitrogens with zero attached hydrogens (tertiary/aromatic N) is 4. The maximum Gasteiger partial charge on any atom is 0.0619 e. The Bertz CT molecular complexity index is 8790. The summed E-state index contributed by atoms with van der Waals surface area (Å²) in [6, 6.07) is 164. The molecular formula is C138H118N4. The van der Waals surface area contributed by atoms with E-state index in [1.807, 2.05) is 0 Å². The maximum absolute atomic E-state index is 2.56. The Morgan fingerprint density at radius 3 is 1.16 bits per heavy atom. The number of aromatic nitrogens is 2. The summed E-state index contributed by atoms with van der Waals surface area (Å²) in [4.78, 5) is 5.08. The molecule has 0 N–H and O–H groups in total. The lowest BCUT2D eigenvalue weighted by Crippen LogP contribution is -2.22. The van der Waals surface area contributed by atoms with Gasteiger partial charge in [-0.25, -0.2) is 0 Å². The molecule has 4 nitrogen and oxygen atoms in total. The Balaban J connectivity index is 0.617. The molecule has 22 aromatic rings. The van der Waals surface area contributed by atoms with Crippen LogP contribution in [0.4, 0.5) is 34.1 Å². The van der Waals surface area contributed by atoms with Gasteiger partial charge in [0.25, 0.3) is 0 Å². The Kier molecular flexibility index (Phi) is 21.1. The Labute approximate surface area is 836 Å². The molecule has 0 spiro atoms. The third-order valence-corrected chi connectivity index (χ3v) is 31.3. The van der Waals surface area contributed by atoms with Crippen molar-refractivity contribution < 1.29 is 0 Å². The van der Waals surface area contributed by atoms with Gasteiger partial charge >= 0.3 is 0 Å². The fraction of sp³-hybridized carbons (Fsp3) is 0.159. The van der Waals surface area contributed by atoms with Crippen molar-refractivity contribution in [2.45, 2.75) is 143 Å². The van der Waals surface area contributed by atoms with E-state index < -0.39 is 0 Å². The largest absolute Gasteiger partial charge is 0.310 e. The molecule has 690 valence electrons. The first kappa shape index (κ1) is 88.8. The van der Waals surface area contributed by atoms with Gasteiger partial charge in [-0.3, -0.25) is 0 Å². The van der Waals surface area contributed by atoms with E-state index in [0.717, 1.165) is 79.7 Å². The topological polar surface area (TPSA) is 16.3 Å². The molecular weight excluding hydrogens is 1710 g/mol. The smallest absolute Gasteiger partial charge is 0.0619 e. The summed E-state index contributed by atoms with van der Waals surface area (Å²) in [5.41, 5.74) is 43.7. The average Bonchev–Trinajstić information content (AvgIpc) is 1.54. The lowest BCUT2D eigenvalue weighted by Gasteiger charge is -2.31. The van der Waals surface area contributed by atoms with Crippen molar-refractivity contribution in [1.29, 1.82) is 0 Å². The van der Waals surface area contributed by atoms with Crippen LogP contribution in [0.2, 0.25) is 0 Å². The van der Waals surface area contributed by atoms with Crippen LogP contribution >= 0.6 is 0 Å². The second kappa shape index (κ2) is 33.7. The van der Waals surface area contributed by atoms with Gasteiger partial charge < -0.3 is 18.9 Å². The highest BCUT2D eigenvalue weighted by Gasteiger charge is 2.40. The first-order chi connectivity index (χ1) is 68.6. The predicted molar refractivity (Wildman–Crippen MR) is 607 cm³/mol. The zero-order valence-electron chi connectivity index (χ0n) is 84.0. The summed E-state index contributed by atoms with van der Waals surface area (Å²) >= 11 is 0.